The third-order valence-corrected chi connectivity index (χ3v) is 10.4. The van der Waals surface area contributed by atoms with Gasteiger partial charge in [-0.2, -0.15) is 0 Å². The molecule has 0 N–H and O–H groups in total. The van der Waals surface area contributed by atoms with Crippen LogP contribution in [0.25, 0.3) is 11.0 Å². The molecule has 0 spiro atoms. The van der Waals surface area contributed by atoms with Crippen molar-refractivity contribution in [1.82, 2.24) is 4.90 Å². The van der Waals surface area contributed by atoms with Crippen molar-refractivity contribution < 1.29 is 28.3 Å². The van der Waals surface area contributed by atoms with Crippen LogP contribution in [-0.4, -0.2) is 46.3 Å². The van der Waals surface area contributed by atoms with Gasteiger partial charge < -0.3 is 18.8 Å². The molecule has 2 unspecified atom stereocenters. The number of fused-ring (bicyclic) bond motifs is 2. The van der Waals surface area contributed by atoms with E-state index in [2.05, 4.69) is 0 Å². The van der Waals surface area contributed by atoms with E-state index in [4.69, 9.17) is 13.9 Å². The van der Waals surface area contributed by atoms with Crippen LogP contribution in [0.3, 0.4) is 0 Å². The minimum absolute atomic E-state index is 0.0134. The molecule has 5 aromatic rings. The largest absolute Gasteiger partial charge is 0.493 e. The molecule has 0 saturated carbocycles. The predicted octanol–water partition coefficient (Wildman–Crippen LogP) is 6.22. The number of rotatable bonds is 11. The fourth-order valence-electron chi connectivity index (χ4n) is 6.46. The summed E-state index contributed by atoms with van der Waals surface area (Å²) in [6, 6.07) is 35.8. The van der Waals surface area contributed by atoms with Crippen LogP contribution < -0.4 is 10.4 Å². The number of amides is 1. The van der Waals surface area contributed by atoms with Gasteiger partial charge in [-0.1, -0.05) is 91.0 Å². The zero-order valence-electron chi connectivity index (χ0n) is 26.0. The van der Waals surface area contributed by atoms with E-state index in [1.54, 1.807) is 40.9 Å². The van der Waals surface area contributed by atoms with E-state index < -0.39 is 35.6 Å². The lowest BCUT2D eigenvalue weighted by Crippen LogP contribution is -2.70. The molecule has 2 saturated heterocycles. The van der Waals surface area contributed by atoms with E-state index in [1.807, 2.05) is 91.0 Å². The number of thioether (sulfide) groups is 1. The molecule has 0 aliphatic carbocycles. The molecule has 48 heavy (non-hydrogen) atoms. The normalized spacial score (nSPS) is 20.2. The highest BCUT2D eigenvalue weighted by Crippen LogP contribution is 2.46. The molecule has 242 valence electrons. The molecule has 4 aromatic carbocycles. The number of ketones is 1. The van der Waals surface area contributed by atoms with Crippen molar-refractivity contribution in [3.05, 3.63) is 148 Å². The Labute approximate surface area is 281 Å². The van der Waals surface area contributed by atoms with E-state index in [0.29, 0.717) is 17.1 Å². The second kappa shape index (κ2) is 13.9. The number of carbonyl (C=O) groups is 3. The lowest BCUT2D eigenvalue weighted by molar-refractivity contribution is -0.174. The highest BCUT2D eigenvalue weighted by atomic mass is 32.2. The Morgan fingerprint density at radius 1 is 0.833 bits per heavy atom. The van der Waals surface area contributed by atoms with Gasteiger partial charge in [-0.3, -0.25) is 9.59 Å². The van der Waals surface area contributed by atoms with E-state index in [-0.39, 0.29) is 36.5 Å². The zero-order valence-corrected chi connectivity index (χ0v) is 26.8. The molecule has 1 amide bonds. The molecule has 1 aromatic heterocycles. The van der Waals surface area contributed by atoms with Crippen molar-refractivity contribution in [3.63, 3.8) is 0 Å². The van der Waals surface area contributed by atoms with E-state index in [9.17, 15) is 19.2 Å². The van der Waals surface area contributed by atoms with Gasteiger partial charge in [0, 0.05) is 42.0 Å². The van der Waals surface area contributed by atoms with Crippen molar-refractivity contribution in [1.29, 1.82) is 0 Å². The lowest BCUT2D eigenvalue weighted by atomic mass is 9.86. The summed E-state index contributed by atoms with van der Waals surface area (Å²) in [5.74, 6) is -0.702. The first-order valence-corrected chi connectivity index (χ1v) is 17.0. The summed E-state index contributed by atoms with van der Waals surface area (Å²) in [6.07, 6.45) is -0.312. The maximum Gasteiger partial charge on any atom is 0.336 e. The lowest BCUT2D eigenvalue weighted by Gasteiger charge is -2.54. The number of esters is 1. The minimum Gasteiger partial charge on any atom is -0.493 e. The molecule has 0 bridgehead atoms. The monoisotopic (exact) mass is 659 g/mol. The van der Waals surface area contributed by atoms with Gasteiger partial charge >= 0.3 is 11.6 Å². The minimum atomic E-state index is -0.919. The van der Waals surface area contributed by atoms with Crippen LogP contribution in [0.15, 0.2) is 131 Å². The molecule has 3 heterocycles. The van der Waals surface area contributed by atoms with E-state index in [0.717, 1.165) is 22.1 Å². The van der Waals surface area contributed by atoms with Gasteiger partial charge in [0.1, 0.15) is 23.2 Å². The van der Waals surface area contributed by atoms with Gasteiger partial charge in [-0.05, 0) is 34.9 Å². The summed E-state index contributed by atoms with van der Waals surface area (Å²) in [5.41, 5.74) is 2.45. The van der Waals surface area contributed by atoms with Gasteiger partial charge in [0.05, 0.1) is 17.9 Å². The maximum atomic E-state index is 14.3. The van der Waals surface area contributed by atoms with Crippen molar-refractivity contribution in [3.8, 4) is 5.75 Å². The summed E-state index contributed by atoms with van der Waals surface area (Å²) in [7, 11) is 0. The van der Waals surface area contributed by atoms with Gasteiger partial charge in [-0.15, -0.1) is 11.8 Å². The fraction of sp³-hybridized carbons (Fsp3) is 0.231. The number of nitrogens with zero attached hydrogens (tertiary/aromatic N) is 1. The van der Waals surface area contributed by atoms with Crippen LogP contribution in [0.4, 0.5) is 0 Å². The Kier molecular flexibility index (Phi) is 9.12. The molecule has 2 aliphatic rings. The topological polar surface area (TPSA) is 103 Å². The van der Waals surface area contributed by atoms with Gasteiger partial charge in [0.25, 0.3) is 0 Å². The van der Waals surface area contributed by atoms with Crippen LogP contribution in [-0.2, 0) is 25.5 Å². The third-order valence-electron chi connectivity index (χ3n) is 8.85. The first-order valence-electron chi connectivity index (χ1n) is 15.9. The summed E-state index contributed by atoms with van der Waals surface area (Å²) in [6.45, 7) is 0.116. The van der Waals surface area contributed by atoms with Crippen molar-refractivity contribution in [2.45, 2.75) is 30.4 Å². The van der Waals surface area contributed by atoms with Crippen molar-refractivity contribution >= 4 is 40.4 Å². The van der Waals surface area contributed by atoms with Crippen molar-refractivity contribution in [2.75, 3.05) is 12.4 Å². The van der Waals surface area contributed by atoms with Crippen LogP contribution in [0.2, 0.25) is 0 Å². The molecule has 9 heteroatoms. The Morgan fingerprint density at radius 3 is 2.17 bits per heavy atom. The molecule has 7 rings (SSSR count). The molecule has 8 nitrogen and oxygen atoms in total. The number of Topliss-reactive ketones (excluding diaryl/α,β-unsaturated/α-hetero) is 1. The van der Waals surface area contributed by atoms with Crippen LogP contribution in [0.1, 0.15) is 29.2 Å². The Balaban J connectivity index is 1.13. The second-order valence-corrected chi connectivity index (χ2v) is 13.2. The number of hydrogen-bond donors (Lipinski definition) is 0. The number of benzene rings is 4. The summed E-state index contributed by atoms with van der Waals surface area (Å²) >= 11 is 1.56. The van der Waals surface area contributed by atoms with Gasteiger partial charge in [-0.25, -0.2) is 9.59 Å². The van der Waals surface area contributed by atoms with Gasteiger partial charge in [0.2, 0.25) is 5.91 Å². The smallest absolute Gasteiger partial charge is 0.336 e. The number of ether oxygens (including phenoxy) is 2. The average molecular weight is 660 g/mol. The SMILES string of the molecule is O=C(Cc1ccccc1)C[C@@H]1C(=O)N2C(C(=O)OC(c3ccccc3)c3ccccc3)C(COc3ccc4ccc(=O)oc4c3)CS[C@H]12. The quantitative estimate of drug-likeness (QED) is 0.0936. The summed E-state index contributed by atoms with van der Waals surface area (Å²) < 4.78 is 17.8. The Morgan fingerprint density at radius 2 is 1.48 bits per heavy atom. The fourth-order valence-corrected chi connectivity index (χ4v) is 8.02. The van der Waals surface area contributed by atoms with E-state index >= 15 is 0 Å². The summed E-state index contributed by atoms with van der Waals surface area (Å²) in [4.78, 5) is 54.5. The zero-order chi connectivity index (χ0) is 33.0. The first kappa shape index (κ1) is 31.4. The standard InChI is InChI=1S/C39H33NO7S/c41-30(20-25-10-4-1-5-11-25)21-32-37(43)40-35(39(44)47-36(27-12-6-2-7-13-27)28-14-8-3-9-15-28)29(24-48-38(32)40)23-45-31-18-16-26-17-19-34(42)46-33(26)22-31/h1-19,22,29,32,35-36,38H,20-21,23-24H2/t29?,32-,35?,38-/m1/s1. The van der Waals surface area contributed by atoms with Gasteiger partial charge in [0.15, 0.2) is 6.10 Å². The molecule has 4 atom stereocenters. The van der Waals surface area contributed by atoms with E-state index in [1.165, 1.54) is 6.07 Å². The number of β-lactam (4-membered cyclic amide) rings is 1. The first-order chi connectivity index (χ1) is 23.4. The molecular weight excluding hydrogens is 626 g/mol. The predicted molar refractivity (Wildman–Crippen MR) is 182 cm³/mol. The average Bonchev–Trinajstić information content (AvgIpc) is 3.12. The second-order valence-electron chi connectivity index (χ2n) is 12.1. The van der Waals surface area contributed by atoms with Crippen molar-refractivity contribution in [2.24, 2.45) is 11.8 Å². The molecular formula is C39H33NO7S. The van der Waals surface area contributed by atoms with Crippen LogP contribution >= 0.6 is 11.8 Å². The molecule has 2 fully saturated rings. The third kappa shape index (κ3) is 6.64. The van der Waals surface area contributed by atoms with Crippen LogP contribution in [0.5, 0.6) is 5.75 Å². The Bertz CT molecular complexity index is 1940. The number of carbonyl (C=O) groups excluding carboxylic acids is 3. The Hall–Kier alpha value is -5.15. The van der Waals surface area contributed by atoms with Crippen LogP contribution in [0, 0.1) is 11.8 Å². The molecule has 0 radical (unpaired) electrons. The molecule has 2 aliphatic heterocycles. The number of hydrogen-bond acceptors (Lipinski definition) is 8. The highest BCUT2D eigenvalue weighted by molar-refractivity contribution is 8.00. The highest BCUT2D eigenvalue weighted by Gasteiger charge is 2.58. The summed E-state index contributed by atoms with van der Waals surface area (Å²) in [5, 5.41) is 0.430. The maximum absolute atomic E-state index is 14.3.